The zero-order valence-electron chi connectivity index (χ0n) is 11.8. The van der Waals surface area contributed by atoms with E-state index in [1.807, 2.05) is 0 Å². The molecule has 0 amide bonds. The first-order valence-electron chi connectivity index (χ1n) is 7.47. The molecule has 2 atom stereocenters. The molecule has 2 aliphatic rings. The lowest BCUT2D eigenvalue weighted by atomic mass is 9.79. The van der Waals surface area contributed by atoms with Crippen molar-refractivity contribution < 1.29 is 12.8 Å². The van der Waals surface area contributed by atoms with Crippen LogP contribution in [0.25, 0.3) is 0 Å². The van der Waals surface area contributed by atoms with Crippen molar-refractivity contribution in [2.45, 2.75) is 49.5 Å². The number of rotatable bonds is 2. The summed E-state index contributed by atoms with van der Waals surface area (Å²) in [7, 11) is -3.74. The van der Waals surface area contributed by atoms with Crippen LogP contribution in [0.4, 0.5) is 4.39 Å². The van der Waals surface area contributed by atoms with Gasteiger partial charge in [0, 0.05) is 17.1 Å². The zero-order valence-corrected chi connectivity index (χ0v) is 14.2. The Kier molecular flexibility index (Phi) is 4.39. The van der Waals surface area contributed by atoms with Crippen LogP contribution in [0, 0.1) is 11.7 Å². The van der Waals surface area contributed by atoms with Gasteiger partial charge in [0.1, 0.15) is 10.7 Å². The van der Waals surface area contributed by atoms with E-state index < -0.39 is 15.8 Å². The molecule has 1 aliphatic carbocycles. The topological polar surface area (TPSA) is 37.4 Å². The third-order valence-electron chi connectivity index (χ3n) is 4.67. The summed E-state index contributed by atoms with van der Waals surface area (Å²) >= 11 is 3.17. The van der Waals surface area contributed by atoms with Crippen molar-refractivity contribution >= 4 is 26.0 Å². The normalized spacial score (nSPS) is 27.3. The lowest BCUT2D eigenvalue weighted by molar-refractivity contribution is 0.129. The summed E-state index contributed by atoms with van der Waals surface area (Å²) < 4.78 is 41.9. The van der Waals surface area contributed by atoms with E-state index in [1.165, 1.54) is 18.6 Å². The maximum Gasteiger partial charge on any atom is 0.246 e. The molecule has 1 saturated carbocycles. The van der Waals surface area contributed by atoms with Crippen molar-refractivity contribution in [1.82, 2.24) is 4.31 Å². The van der Waals surface area contributed by atoms with Crippen LogP contribution in [0.3, 0.4) is 0 Å². The summed E-state index contributed by atoms with van der Waals surface area (Å²) in [5.74, 6) is -0.233. The van der Waals surface area contributed by atoms with E-state index >= 15 is 0 Å². The molecular weight excluding hydrogens is 357 g/mol. The van der Waals surface area contributed by atoms with E-state index in [0.717, 1.165) is 32.1 Å². The number of halogens is 2. The number of benzene rings is 1. The van der Waals surface area contributed by atoms with Crippen LogP contribution < -0.4 is 0 Å². The smallest absolute Gasteiger partial charge is 0.207 e. The van der Waals surface area contributed by atoms with Gasteiger partial charge >= 0.3 is 0 Å². The van der Waals surface area contributed by atoms with Gasteiger partial charge in [-0.2, -0.15) is 4.31 Å². The molecule has 1 aliphatic heterocycles. The van der Waals surface area contributed by atoms with Crippen LogP contribution in [0.15, 0.2) is 27.6 Å². The summed E-state index contributed by atoms with van der Waals surface area (Å²) in [6.45, 7) is 0.513. The number of hydrogen-bond acceptors (Lipinski definition) is 2. The molecule has 116 valence electrons. The van der Waals surface area contributed by atoms with Gasteiger partial charge in [0.2, 0.25) is 10.0 Å². The van der Waals surface area contributed by atoms with Gasteiger partial charge in [-0.15, -0.1) is 0 Å². The highest BCUT2D eigenvalue weighted by Gasteiger charge is 2.40. The molecule has 2 fully saturated rings. The van der Waals surface area contributed by atoms with Gasteiger partial charge in [-0.3, -0.25) is 0 Å². The Morgan fingerprint density at radius 2 is 1.86 bits per heavy atom. The fourth-order valence-corrected chi connectivity index (χ4v) is 5.82. The van der Waals surface area contributed by atoms with E-state index in [2.05, 4.69) is 15.9 Å². The molecule has 0 unspecified atom stereocenters. The van der Waals surface area contributed by atoms with E-state index in [1.54, 1.807) is 10.4 Å². The number of nitrogens with zero attached hydrogens (tertiary/aromatic N) is 1. The Morgan fingerprint density at radius 1 is 1.14 bits per heavy atom. The summed E-state index contributed by atoms with van der Waals surface area (Å²) in [6.07, 6.45) is 6.22. The van der Waals surface area contributed by atoms with Crippen LogP contribution in [0.1, 0.15) is 38.5 Å². The van der Waals surface area contributed by atoms with Crippen molar-refractivity contribution in [3.05, 3.63) is 28.5 Å². The van der Waals surface area contributed by atoms with Crippen molar-refractivity contribution in [1.29, 1.82) is 0 Å². The van der Waals surface area contributed by atoms with Gasteiger partial charge in [-0.1, -0.05) is 28.8 Å². The molecule has 0 N–H and O–H groups in total. The average Bonchev–Trinajstić information content (AvgIpc) is 2.46. The van der Waals surface area contributed by atoms with Crippen molar-refractivity contribution in [2.75, 3.05) is 6.54 Å². The van der Waals surface area contributed by atoms with Crippen LogP contribution in [-0.2, 0) is 10.0 Å². The van der Waals surface area contributed by atoms with Gasteiger partial charge < -0.3 is 0 Å². The Labute approximate surface area is 133 Å². The van der Waals surface area contributed by atoms with Gasteiger partial charge in [0.05, 0.1) is 0 Å². The first-order chi connectivity index (χ1) is 10.00. The maximum absolute atomic E-state index is 14.1. The second-order valence-corrected chi connectivity index (χ2v) is 8.72. The van der Waals surface area contributed by atoms with E-state index in [-0.39, 0.29) is 10.9 Å². The minimum Gasteiger partial charge on any atom is -0.207 e. The molecular formula is C15H19BrFNO2S. The van der Waals surface area contributed by atoms with Gasteiger partial charge in [-0.25, -0.2) is 12.8 Å². The van der Waals surface area contributed by atoms with Crippen LogP contribution >= 0.6 is 15.9 Å². The quantitative estimate of drug-likeness (QED) is 0.784. The predicted octanol–water partition coefficient (Wildman–Crippen LogP) is 3.93. The predicted molar refractivity (Wildman–Crippen MR) is 83.0 cm³/mol. The highest BCUT2D eigenvalue weighted by molar-refractivity contribution is 9.10. The molecule has 0 spiro atoms. The van der Waals surface area contributed by atoms with E-state index in [4.69, 9.17) is 0 Å². The van der Waals surface area contributed by atoms with Gasteiger partial charge in [0.15, 0.2) is 0 Å². The number of hydrogen-bond donors (Lipinski definition) is 0. The molecule has 0 bridgehead atoms. The third-order valence-corrected chi connectivity index (χ3v) is 7.12. The van der Waals surface area contributed by atoms with Crippen LogP contribution in [0.2, 0.25) is 0 Å². The standard InChI is InChI=1S/C15H19BrFNO2S/c16-12-7-8-15(13(17)10-12)21(19,20)18-9-3-5-11-4-1-2-6-14(11)18/h7-8,10-11,14H,1-6,9H2/t11-,14-/m1/s1. The zero-order chi connectivity index (χ0) is 15.0. The molecule has 1 aromatic carbocycles. The number of piperidine rings is 1. The van der Waals surface area contributed by atoms with Crippen LogP contribution in [-0.4, -0.2) is 25.3 Å². The molecule has 3 rings (SSSR count). The molecule has 3 nitrogen and oxygen atoms in total. The Morgan fingerprint density at radius 3 is 2.62 bits per heavy atom. The first-order valence-corrected chi connectivity index (χ1v) is 9.70. The maximum atomic E-state index is 14.1. The second-order valence-electron chi connectivity index (χ2n) is 5.94. The monoisotopic (exact) mass is 375 g/mol. The summed E-state index contributed by atoms with van der Waals surface area (Å²) in [5, 5.41) is 0. The first kappa shape index (κ1) is 15.4. The molecule has 6 heteroatoms. The SMILES string of the molecule is O=S(=O)(c1ccc(Br)cc1F)N1CCC[C@H]2CCCC[C@H]21. The fourth-order valence-electron chi connectivity index (χ4n) is 3.69. The Hall–Kier alpha value is -0.460. The van der Waals surface area contributed by atoms with Gasteiger partial charge in [0.25, 0.3) is 0 Å². The fraction of sp³-hybridized carbons (Fsp3) is 0.600. The molecule has 0 aromatic heterocycles. The van der Waals surface area contributed by atoms with Crippen molar-refractivity contribution in [2.24, 2.45) is 5.92 Å². The lowest BCUT2D eigenvalue weighted by Gasteiger charge is -2.43. The van der Waals surface area contributed by atoms with Crippen LogP contribution in [0.5, 0.6) is 0 Å². The second kappa shape index (κ2) is 5.97. The van der Waals surface area contributed by atoms with Crippen molar-refractivity contribution in [3.8, 4) is 0 Å². The summed E-state index contributed by atoms with van der Waals surface area (Å²) in [6, 6.07) is 4.22. The minimum atomic E-state index is -3.74. The van der Waals surface area contributed by atoms with Crippen molar-refractivity contribution in [3.63, 3.8) is 0 Å². The highest BCUT2D eigenvalue weighted by atomic mass is 79.9. The molecule has 1 heterocycles. The molecule has 21 heavy (non-hydrogen) atoms. The third kappa shape index (κ3) is 2.90. The highest BCUT2D eigenvalue weighted by Crippen LogP contribution is 2.38. The summed E-state index contributed by atoms with van der Waals surface area (Å²) in [5.41, 5.74) is 0. The molecule has 0 radical (unpaired) electrons. The van der Waals surface area contributed by atoms with E-state index in [0.29, 0.717) is 16.9 Å². The average molecular weight is 376 g/mol. The summed E-state index contributed by atoms with van der Waals surface area (Å²) in [4.78, 5) is -0.197. The largest absolute Gasteiger partial charge is 0.246 e. The number of sulfonamides is 1. The van der Waals surface area contributed by atoms with E-state index in [9.17, 15) is 12.8 Å². The van der Waals surface area contributed by atoms with Gasteiger partial charge in [-0.05, 0) is 49.8 Å². The lowest BCUT2D eigenvalue weighted by Crippen LogP contribution is -2.49. The molecule has 1 aromatic rings. The Balaban J connectivity index is 1.96. The minimum absolute atomic E-state index is 0.0561. The Bertz CT molecular complexity index is 633. The number of fused-ring (bicyclic) bond motifs is 1. The molecule has 1 saturated heterocycles.